The summed E-state index contributed by atoms with van der Waals surface area (Å²) in [7, 11) is 1.68. The molecule has 0 atom stereocenters. The van der Waals surface area contributed by atoms with Crippen molar-refractivity contribution in [3.8, 4) is 16.9 Å². The van der Waals surface area contributed by atoms with Gasteiger partial charge in [-0.25, -0.2) is 4.98 Å². The first-order valence-electron chi connectivity index (χ1n) is 6.55. The monoisotopic (exact) mass is 284 g/mol. The number of nitrogens with two attached hydrogens (primary N) is 1. The smallest absolute Gasteiger partial charge is 0.126 e. The molecule has 0 aliphatic carbocycles. The Morgan fingerprint density at radius 3 is 2.85 bits per heavy atom. The van der Waals surface area contributed by atoms with Gasteiger partial charge in [0, 0.05) is 21.4 Å². The number of nitrogens with zero attached hydrogens (tertiary/aromatic N) is 1. The number of rotatable bonds is 3. The van der Waals surface area contributed by atoms with Crippen LogP contribution in [0.1, 0.15) is 11.8 Å². The normalized spacial score (nSPS) is 10.9. The van der Waals surface area contributed by atoms with Gasteiger partial charge in [-0.2, -0.15) is 0 Å². The second-order valence-electron chi connectivity index (χ2n) is 4.57. The molecule has 2 heterocycles. The molecule has 0 saturated heterocycles. The average molecular weight is 284 g/mol. The highest BCUT2D eigenvalue weighted by molar-refractivity contribution is 7.18. The molecule has 0 aliphatic heterocycles. The summed E-state index contributed by atoms with van der Waals surface area (Å²) in [6.07, 6.45) is 2.74. The van der Waals surface area contributed by atoms with Crippen LogP contribution in [-0.2, 0) is 6.42 Å². The molecule has 1 aromatic carbocycles. The molecular weight excluding hydrogens is 268 g/mol. The minimum atomic E-state index is 0.683. The Balaban J connectivity index is 2.34. The highest BCUT2D eigenvalue weighted by Gasteiger charge is 2.15. The number of aryl methyl sites for hydroxylation is 1. The average Bonchev–Trinajstić information content (AvgIpc) is 2.90. The first kappa shape index (κ1) is 12.9. The van der Waals surface area contributed by atoms with Crippen LogP contribution in [0.4, 0.5) is 5.69 Å². The maximum atomic E-state index is 6.18. The van der Waals surface area contributed by atoms with Gasteiger partial charge in [-0.3, -0.25) is 0 Å². The summed E-state index contributed by atoms with van der Waals surface area (Å²) in [6, 6.07) is 10.1. The Morgan fingerprint density at radius 1 is 1.30 bits per heavy atom. The van der Waals surface area contributed by atoms with Crippen LogP contribution in [0.5, 0.6) is 5.75 Å². The maximum Gasteiger partial charge on any atom is 0.126 e. The van der Waals surface area contributed by atoms with Crippen molar-refractivity contribution in [2.75, 3.05) is 12.8 Å². The van der Waals surface area contributed by atoms with Crippen molar-refractivity contribution in [2.24, 2.45) is 0 Å². The van der Waals surface area contributed by atoms with Crippen LogP contribution >= 0.6 is 11.3 Å². The van der Waals surface area contributed by atoms with Gasteiger partial charge >= 0.3 is 0 Å². The van der Waals surface area contributed by atoms with E-state index in [9.17, 15) is 0 Å². The van der Waals surface area contributed by atoms with Crippen molar-refractivity contribution >= 4 is 27.2 Å². The number of ether oxygens (including phenoxy) is 1. The zero-order chi connectivity index (χ0) is 14.1. The zero-order valence-electron chi connectivity index (χ0n) is 11.5. The van der Waals surface area contributed by atoms with E-state index in [1.807, 2.05) is 24.3 Å². The number of hydrogen-bond acceptors (Lipinski definition) is 4. The lowest BCUT2D eigenvalue weighted by Crippen LogP contribution is -1.94. The topological polar surface area (TPSA) is 48.1 Å². The summed E-state index contributed by atoms with van der Waals surface area (Å²) in [5.74, 6) is 0.830. The molecule has 3 nitrogen and oxygen atoms in total. The SMILES string of the molecule is CCc1cc2c(-c3ccccc3OC)c(N)cnc2s1. The molecule has 0 spiro atoms. The Kier molecular flexibility index (Phi) is 3.32. The number of para-hydroxylation sites is 1. The van der Waals surface area contributed by atoms with Crippen LogP contribution in [0.15, 0.2) is 36.5 Å². The first-order valence-corrected chi connectivity index (χ1v) is 7.36. The molecule has 0 aliphatic rings. The van der Waals surface area contributed by atoms with Crippen molar-refractivity contribution in [1.82, 2.24) is 4.98 Å². The van der Waals surface area contributed by atoms with Crippen LogP contribution in [0.25, 0.3) is 21.3 Å². The van der Waals surface area contributed by atoms with Crippen LogP contribution < -0.4 is 10.5 Å². The number of hydrogen-bond donors (Lipinski definition) is 1. The molecule has 0 bridgehead atoms. The fourth-order valence-corrected chi connectivity index (χ4v) is 3.33. The maximum absolute atomic E-state index is 6.18. The van der Waals surface area contributed by atoms with E-state index >= 15 is 0 Å². The third kappa shape index (κ3) is 2.02. The van der Waals surface area contributed by atoms with Crippen LogP contribution in [0.3, 0.4) is 0 Å². The molecule has 0 radical (unpaired) electrons. The molecule has 2 N–H and O–H groups in total. The summed E-state index contributed by atoms with van der Waals surface area (Å²) in [5, 5.41) is 1.11. The molecule has 3 aromatic rings. The third-order valence-electron chi connectivity index (χ3n) is 3.37. The van der Waals surface area contributed by atoms with Crippen molar-refractivity contribution in [1.29, 1.82) is 0 Å². The van der Waals surface area contributed by atoms with Crippen LogP contribution in [0.2, 0.25) is 0 Å². The minimum absolute atomic E-state index is 0.683. The molecular formula is C16H16N2OS. The van der Waals surface area contributed by atoms with Gasteiger partial charge in [0.05, 0.1) is 19.0 Å². The number of fused-ring (bicyclic) bond motifs is 1. The van der Waals surface area contributed by atoms with Gasteiger partial charge in [-0.15, -0.1) is 11.3 Å². The fraction of sp³-hybridized carbons (Fsp3) is 0.188. The standard InChI is InChI=1S/C16H16N2OS/c1-3-10-8-12-15(13(17)9-18-16(12)20-10)11-6-4-5-7-14(11)19-2/h4-9H,3,17H2,1-2H3. The quantitative estimate of drug-likeness (QED) is 0.787. The van der Waals surface area contributed by atoms with Crippen molar-refractivity contribution in [3.63, 3.8) is 0 Å². The predicted molar refractivity (Wildman–Crippen MR) is 85.4 cm³/mol. The summed E-state index contributed by atoms with van der Waals surface area (Å²) >= 11 is 1.72. The molecule has 0 unspecified atom stereocenters. The van der Waals surface area contributed by atoms with Gasteiger partial charge in [0.2, 0.25) is 0 Å². The predicted octanol–water partition coefficient (Wildman–Crippen LogP) is 4.12. The molecule has 3 rings (SSSR count). The second-order valence-corrected chi connectivity index (χ2v) is 5.69. The molecule has 0 amide bonds. The molecule has 20 heavy (non-hydrogen) atoms. The van der Waals surface area contributed by atoms with E-state index in [-0.39, 0.29) is 0 Å². The van der Waals surface area contributed by atoms with E-state index in [0.717, 1.165) is 33.5 Å². The van der Waals surface area contributed by atoms with E-state index in [1.165, 1.54) is 4.88 Å². The number of thiophene rings is 1. The molecule has 2 aromatic heterocycles. The lowest BCUT2D eigenvalue weighted by Gasteiger charge is -2.11. The van der Waals surface area contributed by atoms with Gasteiger partial charge in [0.15, 0.2) is 0 Å². The summed E-state index contributed by atoms with van der Waals surface area (Å²) < 4.78 is 5.46. The lowest BCUT2D eigenvalue weighted by atomic mass is 10.0. The van der Waals surface area contributed by atoms with Gasteiger partial charge in [0.25, 0.3) is 0 Å². The third-order valence-corrected chi connectivity index (χ3v) is 4.55. The Hall–Kier alpha value is -2.07. The molecule has 0 fully saturated rings. The van der Waals surface area contributed by atoms with E-state index in [2.05, 4.69) is 18.0 Å². The largest absolute Gasteiger partial charge is 0.496 e. The van der Waals surface area contributed by atoms with Crippen molar-refractivity contribution < 1.29 is 4.74 Å². The zero-order valence-corrected chi connectivity index (χ0v) is 12.3. The Morgan fingerprint density at radius 2 is 2.10 bits per heavy atom. The van der Waals surface area contributed by atoms with Crippen LogP contribution in [-0.4, -0.2) is 12.1 Å². The van der Waals surface area contributed by atoms with E-state index in [4.69, 9.17) is 10.5 Å². The second kappa shape index (κ2) is 5.13. The highest BCUT2D eigenvalue weighted by Crippen LogP contribution is 2.40. The molecule has 102 valence electrons. The molecule has 4 heteroatoms. The van der Waals surface area contributed by atoms with E-state index in [1.54, 1.807) is 24.6 Å². The number of benzene rings is 1. The summed E-state index contributed by atoms with van der Waals surface area (Å²) in [5.41, 5.74) is 8.89. The number of nitrogen functional groups attached to an aromatic ring is 1. The molecule has 0 saturated carbocycles. The number of pyridine rings is 1. The van der Waals surface area contributed by atoms with Crippen molar-refractivity contribution in [2.45, 2.75) is 13.3 Å². The van der Waals surface area contributed by atoms with E-state index < -0.39 is 0 Å². The Labute approximate surface area is 122 Å². The van der Waals surface area contributed by atoms with Gasteiger partial charge in [-0.05, 0) is 18.6 Å². The number of anilines is 1. The summed E-state index contributed by atoms with van der Waals surface area (Å²) in [6.45, 7) is 2.15. The van der Waals surface area contributed by atoms with Gasteiger partial charge < -0.3 is 10.5 Å². The highest BCUT2D eigenvalue weighted by atomic mass is 32.1. The summed E-state index contributed by atoms with van der Waals surface area (Å²) in [4.78, 5) is 6.78. The van der Waals surface area contributed by atoms with E-state index in [0.29, 0.717) is 5.69 Å². The minimum Gasteiger partial charge on any atom is -0.496 e. The Bertz CT molecular complexity index is 764. The first-order chi connectivity index (χ1) is 9.74. The number of methoxy groups -OCH3 is 1. The number of aromatic nitrogens is 1. The van der Waals surface area contributed by atoms with Gasteiger partial charge in [-0.1, -0.05) is 25.1 Å². The van der Waals surface area contributed by atoms with Crippen molar-refractivity contribution in [3.05, 3.63) is 41.4 Å². The van der Waals surface area contributed by atoms with Crippen LogP contribution in [0, 0.1) is 0 Å². The fourth-order valence-electron chi connectivity index (χ4n) is 2.38. The van der Waals surface area contributed by atoms with Gasteiger partial charge in [0.1, 0.15) is 10.6 Å². The lowest BCUT2D eigenvalue weighted by molar-refractivity contribution is 0.416.